The van der Waals surface area contributed by atoms with Crippen molar-refractivity contribution in [2.45, 2.75) is 24.9 Å². The van der Waals surface area contributed by atoms with Gasteiger partial charge in [0.25, 0.3) is 0 Å². The Hall–Kier alpha value is -2.34. The smallest absolute Gasteiger partial charge is 0.322 e. The summed E-state index contributed by atoms with van der Waals surface area (Å²) < 4.78 is 0. The molecule has 0 radical (unpaired) electrons. The second-order valence-corrected chi connectivity index (χ2v) is 5.11. The highest BCUT2D eigenvalue weighted by Gasteiger charge is 2.21. The molecular formula is C12H21N5O6S. The Morgan fingerprint density at radius 2 is 1.62 bits per heavy atom. The summed E-state index contributed by atoms with van der Waals surface area (Å²) in [6, 6.07) is -2.05. The third kappa shape index (κ3) is 9.63. The van der Waals surface area contributed by atoms with Gasteiger partial charge in [0.15, 0.2) is 0 Å². The van der Waals surface area contributed by atoms with Crippen molar-refractivity contribution < 1.29 is 29.1 Å². The van der Waals surface area contributed by atoms with E-state index in [1.165, 1.54) is 0 Å². The Bertz CT molecular complexity index is 500. The zero-order valence-electron chi connectivity index (χ0n) is 12.8. The first-order chi connectivity index (χ1) is 11.2. The van der Waals surface area contributed by atoms with E-state index in [1.807, 2.05) is 0 Å². The molecule has 0 rings (SSSR count). The maximum Gasteiger partial charge on any atom is 0.322 e. The zero-order valence-corrected chi connectivity index (χ0v) is 13.7. The monoisotopic (exact) mass is 363 g/mol. The topological polar surface area (TPSA) is 194 Å². The molecule has 12 heteroatoms. The van der Waals surface area contributed by atoms with Gasteiger partial charge in [-0.1, -0.05) is 0 Å². The summed E-state index contributed by atoms with van der Waals surface area (Å²) in [6.07, 6.45) is -0.0219. The number of carbonyl (C=O) groups is 5. The molecule has 136 valence electrons. The van der Waals surface area contributed by atoms with Gasteiger partial charge in [0.2, 0.25) is 23.6 Å². The summed E-state index contributed by atoms with van der Waals surface area (Å²) in [5, 5.41) is 15.1. The molecule has 0 aromatic carbocycles. The fraction of sp³-hybridized carbons (Fsp3) is 0.583. The molecular weight excluding hydrogens is 342 g/mol. The molecule has 0 aliphatic rings. The van der Waals surface area contributed by atoms with Gasteiger partial charge in [0, 0.05) is 12.2 Å². The summed E-state index contributed by atoms with van der Waals surface area (Å²) in [4.78, 5) is 55.9. The number of thiol groups is 1. The average Bonchev–Trinajstić information content (AvgIpc) is 2.52. The van der Waals surface area contributed by atoms with Crippen molar-refractivity contribution >= 4 is 42.2 Å². The minimum Gasteiger partial charge on any atom is -0.480 e. The molecule has 11 nitrogen and oxygen atoms in total. The fourth-order valence-electron chi connectivity index (χ4n) is 1.45. The molecule has 0 bridgehead atoms. The lowest BCUT2D eigenvalue weighted by molar-refractivity contribution is -0.138. The van der Waals surface area contributed by atoms with E-state index in [1.54, 1.807) is 0 Å². The van der Waals surface area contributed by atoms with E-state index < -0.39 is 54.8 Å². The Morgan fingerprint density at radius 1 is 1.04 bits per heavy atom. The van der Waals surface area contributed by atoms with E-state index in [0.717, 1.165) is 0 Å². The molecule has 8 N–H and O–H groups in total. The first kappa shape index (κ1) is 21.7. The summed E-state index contributed by atoms with van der Waals surface area (Å²) in [7, 11) is 0. The lowest BCUT2D eigenvalue weighted by atomic mass is 10.1. The van der Waals surface area contributed by atoms with Crippen molar-refractivity contribution in [3.63, 3.8) is 0 Å². The maximum atomic E-state index is 11.7. The fourth-order valence-corrected chi connectivity index (χ4v) is 1.71. The van der Waals surface area contributed by atoms with Crippen molar-refractivity contribution in [2.75, 3.05) is 18.8 Å². The van der Waals surface area contributed by atoms with Crippen LogP contribution in [0.25, 0.3) is 0 Å². The van der Waals surface area contributed by atoms with Crippen molar-refractivity contribution in [3.05, 3.63) is 0 Å². The number of carboxylic acid groups (broad SMARTS) is 1. The molecule has 0 saturated carbocycles. The highest BCUT2D eigenvalue weighted by molar-refractivity contribution is 7.80. The molecule has 0 spiro atoms. The van der Waals surface area contributed by atoms with Gasteiger partial charge in [-0.3, -0.25) is 24.0 Å². The predicted molar refractivity (Wildman–Crippen MR) is 85.8 cm³/mol. The highest BCUT2D eigenvalue weighted by atomic mass is 32.1. The SMILES string of the molecule is NC(=O)CCC(N)C(=O)NCC(=O)NC(CS)C(=O)NCC(=O)O. The molecule has 0 fully saturated rings. The Balaban J connectivity index is 4.25. The number of carboxylic acids is 1. The first-order valence-corrected chi connectivity index (χ1v) is 7.52. The van der Waals surface area contributed by atoms with Crippen molar-refractivity contribution in [1.29, 1.82) is 0 Å². The average molecular weight is 363 g/mol. The number of nitrogens with two attached hydrogens (primary N) is 2. The van der Waals surface area contributed by atoms with Crippen LogP contribution in [0, 0.1) is 0 Å². The normalized spacial score (nSPS) is 12.6. The van der Waals surface area contributed by atoms with Crippen LogP contribution >= 0.6 is 12.6 Å². The van der Waals surface area contributed by atoms with Crippen LogP contribution < -0.4 is 27.4 Å². The molecule has 0 aliphatic carbocycles. The molecule has 0 aliphatic heterocycles. The predicted octanol–water partition coefficient (Wildman–Crippen LogP) is -3.69. The second kappa shape index (κ2) is 11.2. The number of nitrogens with one attached hydrogen (secondary N) is 3. The van der Waals surface area contributed by atoms with Crippen LogP contribution in [-0.4, -0.2) is 65.6 Å². The third-order valence-electron chi connectivity index (χ3n) is 2.71. The van der Waals surface area contributed by atoms with Crippen LogP contribution in [0.2, 0.25) is 0 Å². The number of aliphatic carboxylic acids is 1. The Morgan fingerprint density at radius 3 is 2.12 bits per heavy atom. The highest BCUT2D eigenvalue weighted by Crippen LogP contribution is 1.94. The third-order valence-corrected chi connectivity index (χ3v) is 3.07. The minimum absolute atomic E-state index is 0.0413. The van der Waals surface area contributed by atoms with Crippen molar-refractivity contribution in [2.24, 2.45) is 11.5 Å². The molecule has 24 heavy (non-hydrogen) atoms. The van der Waals surface area contributed by atoms with Crippen LogP contribution in [0.3, 0.4) is 0 Å². The number of primary amides is 1. The zero-order chi connectivity index (χ0) is 18.7. The minimum atomic E-state index is -1.23. The molecule has 2 unspecified atom stereocenters. The van der Waals surface area contributed by atoms with Gasteiger partial charge in [-0.15, -0.1) is 0 Å². The van der Waals surface area contributed by atoms with Crippen molar-refractivity contribution in [3.8, 4) is 0 Å². The number of amides is 4. The second-order valence-electron chi connectivity index (χ2n) is 4.74. The maximum absolute atomic E-state index is 11.7. The van der Waals surface area contributed by atoms with E-state index >= 15 is 0 Å². The van der Waals surface area contributed by atoms with Crippen molar-refractivity contribution in [1.82, 2.24) is 16.0 Å². The van der Waals surface area contributed by atoms with Crippen LogP contribution in [0.1, 0.15) is 12.8 Å². The van der Waals surface area contributed by atoms with Gasteiger partial charge >= 0.3 is 5.97 Å². The summed E-state index contributed by atoms with van der Waals surface area (Å²) in [5.41, 5.74) is 10.4. The summed E-state index contributed by atoms with van der Waals surface area (Å²) in [6.45, 7) is -1.04. The van der Waals surface area contributed by atoms with E-state index in [-0.39, 0.29) is 18.6 Å². The van der Waals surface area contributed by atoms with Gasteiger partial charge in [0.1, 0.15) is 12.6 Å². The lowest BCUT2D eigenvalue weighted by Gasteiger charge is -2.16. The Labute approximate surface area is 143 Å². The summed E-state index contributed by atoms with van der Waals surface area (Å²) in [5.74, 6) is -3.95. The molecule has 2 atom stereocenters. The standard InChI is InChI=1S/C12H21N5O6S/c13-6(1-2-8(14)18)11(22)15-3-9(19)17-7(5-24)12(23)16-4-10(20)21/h6-7,24H,1-5,13H2,(H2,14,18)(H,15,22)(H,16,23)(H,17,19)(H,20,21). The summed E-state index contributed by atoms with van der Waals surface area (Å²) >= 11 is 3.89. The molecule has 0 aromatic heterocycles. The number of hydrogen-bond acceptors (Lipinski definition) is 7. The van der Waals surface area contributed by atoms with E-state index in [4.69, 9.17) is 16.6 Å². The molecule has 4 amide bonds. The quantitative estimate of drug-likeness (QED) is 0.183. The number of carbonyl (C=O) groups excluding carboxylic acids is 4. The molecule has 0 saturated heterocycles. The van der Waals surface area contributed by atoms with Gasteiger partial charge < -0.3 is 32.5 Å². The van der Waals surface area contributed by atoms with Crippen LogP contribution in [0.5, 0.6) is 0 Å². The number of rotatable bonds is 11. The lowest BCUT2D eigenvalue weighted by Crippen LogP contribution is -2.52. The largest absolute Gasteiger partial charge is 0.480 e. The van der Waals surface area contributed by atoms with Gasteiger partial charge in [-0.25, -0.2) is 0 Å². The Kier molecular flexibility index (Phi) is 10.1. The van der Waals surface area contributed by atoms with E-state index in [0.29, 0.717) is 0 Å². The van der Waals surface area contributed by atoms with Gasteiger partial charge in [-0.05, 0) is 6.42 Å². The van der Waals surface area contributed by atoms with Crippen LogP contribution in [0.15, 0.2) is 0 Å². The first-order valence-electron chi connectivity index (χ1n) is 6.88. The molecule has 0 heterocycles. The van der Waals surface area contributed by atoms with Gasteiger partial charge in [0.05, 0.1) is 12.6 Å². The van der Waals surface area contributed by atoms with Gasteiger partial charge in [-0.2, -0.15) is 12.6 Å². The van der Waals surface area contributed by atoms with E-state index in [9.17, 15) is 24.0 Å². The van der Waals surface area contributed by atoms with E-state index in [2.05, 4.69) is 28.6 Å². The number of hydrogen-bond donors (Lipinski definition) is 7. The van der Waals surface area contributed by atoms with Crippen LogP contribution in [-0.2, 0) is 24.0 Å². The van der Waals surface area contributed by atoms with Crippen LogP contribution in [0.4, 0.5) is 0 Å². The molecule has 0 aromatic rings.